The zero-order valence-electron chi connectivity index (χ0n) is 11.9. The van der Waals surface area contributed by atoms with Crippen LogP contribution >= 0.6 is 11.6 Å². The minimum absolute atomic E-state index is 0.0101. The quantitative estimate of drug-likeness (QED) is 0.622. The molecular formula is C19H19ClO. The lowest BCUT2D eigenvalue weighted by Crippen LogP contribution is -2.31. The van der Waals surface area contributed by atoms with Gasteiger partial charge < -0.3 is 5.11 Å². The van der Waals surface area contributed by atoms with Crippen LogP contribution in [0, 0.1) is 0 Å². The molecule has 1 aliphatic rings. The van der Waals surface area contributed by atoms with Crippen LogP contribution in [0.15, 0.2) is 61.2 Å². The van der Waals surface area contributed by atoms with Gasteiger partial charge in [-0.3, -0.25) is 0 Å². The van der Waals surface area contributed by atoms with Crippen molar-refractivity contribution in [1.29, 1.82) is 0 Å². The maximum absolute atomic E-state index is 11.3. The third-order valence-electron chi connectivity index (χ3n) is 4.50. The summed E-state index contributed by atoms with van der Waals surface area (Å²) in [5.74, 6) is 0.0101. The molecular weight excluding hydrogens is 280 g/mol. The summed E-state index contributed by atoms with van der Waals surface area (Å²) in [6, 6.07) is 15.9. The summed E-state index contributed by atoms with van der Waals surface area (Å²) in [6.07, 6.45) is 4.67. The van der Waals surface area contributed by atoms with E-state index in [9.17, 15) is 5.11 Å². The smallest absolute Gasteiger partial charge is 0.115 e. The first-order valence-electron chi connectivity index (χ1n) is 7.35. The summed E-state index contributed by atoms with van der Waals surface area (Å²) in [7, 11) is 0. The third-order valence-corrected chi connectivity index (χ3v) is 4.75. The predicted octanol–water partition coefficient (Wildman–Crippen LogP) is 4.83. The molecule has 2 aromatic carbocycles. The fraction of sp³-hybridized carbons (Fsp3) is 0.263. The van der Waals surface area contributed by atoms with Crippen LogP contribution in [0.25, 0.3) is 0 Å². The minimum atomic E-state index is -1.03. The van der Waals surface area contributed by atoms with Gasteiger partial charge >= 0.3 is 0 Å². The number of hydrogen-bond donors (Lipinski definition) is 1. The normalized spacial score (nSPS) is 25.0. The molecule has 0 radical (unpaired) electrons. The molecule has 0 saturated carbocycles. The van der Waals surface area contributed by atoms with Crippen molar-refractivity contribution in [3.63, 3.8) is 0 Å². The van der Waals surface area contributed by atoms with Crippen LogP contribution in [-0.4, -0.2) is 5.11 Å². The fourth-order valence-electron chi connectivity index (χ4n) is 3.40. The van der Waals surface area contributed by atoms with E-state index in [1.807, 2.05) is 42.5 Å². The number of halogens is 1. The second-order valence-corrected chi connectivity index (χ2v) is 6.12. The first-order valence-corrected chi connectivity index (χ1v) is 7.73. The van der Waals surface area contributed by atoms with E-state index in [-0.39, 0.29) is 5.92 Å². The molecule has 2 aromatic rings. The molecule has 0 heterocycles. The second kappa shape index (κ2) is 5.67. The van der Waals surface area contributed by atoms with E-state index in [1.165, 1.54) is 5.56 Å². The summed E-state index contributed by atoms with van der Waals surface area (Å²) in [6.45, 7) is 3.91. The van der Waals surface area contributed by atoms with Gasteiger partial charge in [-0.15, -0.1) is 0 Å². The average molecular weight is 299 g/mol. The van der Waals surface area contributed by atoms with Gasteiger partial charge in [0.05, 0.1) is 0 Å². The Hall–Kier alpha value is -1.57. The number of rotatable bonds is 2. The van der Waals surface area contributed by atoms with Crippen LogP contribution in [-0.2, 0) is 12.0 Å². The molecule has 0 bridgehead atoms. The molecule has 0 aliphatic heterocycles. The Morgan fingerprint density at radius 3 is 2.57 bits per heavy atom. The lowest BCUT2D eigenvalue weighted by molar-refractivity contribution is 0.0564. The number of aliphatic hydroxyl groups is 1. The summed E-state index contributed by atoms with van der Waals surface area (Å²) < 4.78 is 0. The SMILES string of the molecule is C=C[C@@]1(O)c2ccccc2CCC[C@@H]1c1ccc(Cl)cc1. The highest BCUT2D eigenvalue weighted by molar-refractivity contribution is 6.30. The number of fused-ring (bicyclic) bond motifs is 1. The first kappa shape index (κ1) is 14.4. The van der Waals surface area contributed by atoms with Crippen LogP contribution in [0.3, 0.4) is 0 Å². The molecule has 0 spiro atoms. The molecule has 0 aromatic heterocycles. The summed E-state index contributed by atoms with van der Waals surface area (Å²) in [5.41, 5.74) is 2.29. The van der Waals surface area contributed by atoms with E-state index < -0.39 is 5.60 Å². The molecule has 0 amide bonds. The zero-order valence-corrected chi connectivity index (χ0v) is 12.7. The maximum Gasteiger partial charge on any atom is 0.115 e. The summed E-state index contributed by atoms with van der Waals surface area (Å²) in [4.78, 5) is 0. The first-order chi connectivity index (χ1) is 10.1. The molecule has 1 aliphatic carbocycles. The Labute approximate surface area is 130 Å². The van der Waals surface area contributed by atoms with E-state index in [1.54, 1.807) is 6.08 Å². The highest BCUT2D eigenvalue weighted by atomic mass is 35.5. The van der Waals surface area contributed by atoms with Gasteiger partial charge in [0.25, 0.3) is 0 Å². The van der Waals surface area contributed by atoms with E-state index in [0.717, 1.165) is 35.4 Å². The van der Waals surface area contributed by atoms with Gasteiger partial charge in [0.1, 0.15) is 5.60 Å². The molecule has 21 heavy (non-hydrogen) atoms. The van der Waals surface area contributed by atoms with Crippen LogP contribution in [0.4, 0.5) is 0 Å². The van der Waals surface area contributed by atoms with Crippen LogP contribution in [0.1, 0.15) is 35.4 Å². The Morgan fingerprint density at radius 1 is 1.14 bits per heavy atom. The van der Waals surface area contributed by atoms with E-state index in [4.69, 9.17) is 11.6 Å². The van der Waals surface area contributed by atoms with Crippen molar-refractivity contribution in [2.45, 2.75) is 30.8 Å². The van der Waals surface area contributed by atoms with Crippen molar-refractivity contribution < 1.29 is 5.11 Å². The van der Waals surface area contributed by atoms with Gasteiger partial charge in [0.15, 0.2) is 0 Å². The van der Waals surface area contributed by atoms with Crippen molar-refractivity contribution in [2.75, 3.05) is 0 Å². The van der Waals surface area contributed by atoms with E-state index >= 15 is 0 Å². The van der Waals surface area contributed by atoms with Crippen molar-refractivity contribution >= 4 is 11.6 Å². The van der Waals surface area contributed by atoms with Gasteiger partial charge in [0.2, 0.25) is 0 Å². The molecule has 0 fully saturated rings. The molecule has 2 atom stereocenters. The Bertz CT molecular complexity index is 647. The van der Waals surface area contributed by atoms with Gasteiger partial charge in [-0.1, -0.05) is 60.7 Å². The minimum Gasteiger partial charge on any atom is -0.380 e. The predicted molar refractivity (Wildman–Crippen MR) is 87.7 cm³/mol. The molecule has 1 nitrogen and oxygen atoms in total. The van der Waals surface area contributed by atoms with E-state index in [0.29, 0.717) is 0 Å². The van der Waals surface area contributed by atoms with Gasteiger partial charge in [-0.2, -0.15) is 0 Å². The zero-order chi connectivity index (χ0) is 14.9. The Balaban J connectivity index is 2.12. The van der Waals surface area contributed by atoms with Crippen molar-refractivity contribution in [2.24, 2.45) is 0 Å². The topological polar surface area (TPSA) is 20.2 Å². The van der Waals surface area contributed by atoms with Gasteiger partial charge in [0, 0.05) is 10.9 Å². The maximum atomic E-state index is 11.3. The summed E-state index contributed by atoms with van der Waals surface area (Å²) >= 11 is 5.99. The molecule has 108 valence electrons. The molecule has 0 unspecified atom stereocenters. The van der Waals surface area contributed by atoms with Gasteiger partial charge in [-0.05, 0) is 48.1 Å². The number of hydrogen-bond acceptors (Lipinski definition) is 1. The average Bonchev–Trinajstić information content (AvgIpc) is 2.66. The summed E-state index contributed by atoms with van der Waals surface area (Å²) in [5, 5.41) is 12.1. The molecule has 3 rings (SSSR count). The van der Waals surface area contributed by atoms with Crippen LogP contribution < -0.4 is 0 Å². The van der Waals surface area contributed by atoms with E-state index in [2.05, 4.69) is 12.6 Å². The lowest BCUT2D eigenvalue weighted by atomic mass is 9.76. The molecule has 0 saturated heterocycles. The number of aryl methyl sites for hydroxylation is 1. The van der Waals surface area contributed by atoms with Crippen molar-refractivity contribution in [1.82, 2.24) is 0 Å². The van der Waals surface area contributed by atoms with Crippen LogP contribution in [0.5, 0.6) is 0 Å². The van der Waals surface area contributed by atoms with Crippen molar-refractivity contribution in [3.8, 4) is 0 Å². The highest BCUT2D eigenvalue weighted by Gasteiger charge is 2.39. The fourth-order valence-corrected chi connectivity index (χ4v) is 3.53. The second-order valence-electron chi connectivity index (χ2n) is 5.68. The highest BCUT2D eigenvalue weighted by Crippen LogP contribution is 2.45. The molecule has 2 heteroatoms. The Morgan fingerprint density at radius 2 is 1.86 bits per heavy atom. The van der Waals surface area contributed by atoms with Crippen molar-refractivity contribution in [3.05, 3.63) is 82.9 Å². The van der Waals surface area contributed by atoms with Gasteiger partial charge in [-0.25, -0.2) is 0 Å². The van der Waals surface area contributed by atoms with Crippen LogP contribution in [0.2, 0.25) is 5.02 Å². The third kappa shape index (κ3) is 2.52. The molecule has 1 N–H and O–H groups in total. The lowest BCUT2D eigenvalue weighted by Gasteiger charge is -2.34. The monoisotopic (exact) mass is 298 g/mol. The Kier molecular flexibility index (Phi) is 3.88. The largest absolute Gasteiger partial charge is 0.380 e. The standard InChI is InChI=1S/C19H19ClO/c1-2-19(21)17-8-4-3-6-14(17)7-5-9-18(19)15-10-12-16(20)13-11-15/h2-4,6,8,10-13,18,21H,1,5,7,9H2/t18-,19-/m1/s1. The number of benzene rings is 2.